The van der Waals surface area contributed by atoms with Crippen LogP contribution in [0.2, 0.25) is 0 Å². The van der Waals surface area contributed by atoms with Gasteiger partial charge in [0.15, 0.2) is 0 Å². The molecular weight excluding hydrogens is 415 g/mol. The number of fused-ring (bicyclic) bond motifs is 1. The highest BCUT2D eigenvalue weighted by Gasteiger charge is 2.49. The summed E-state index contributed by atoms with van der Waals surface area (Å²) in [5, 5.41) is 7.60. The van der Waals surface area contributed by atoms with Gasteiger partial charge in [0.25, 0.3) is 0 Å². The summed E-state index contributed by atoms with van der Waals surface area (Å²) in [5.41, 5.74) is 7.68. The van der Waals surface area contributed by atoms with Crippen molar-refractivity contribution >= 4 is 37.0 Å². The summed E-state index contributed by atoms with van der Waals surface area (Å²) >= 11 is 0. The van der Waals surface area contributed by atoms with Crippen molar-refractivity contribution in [2.24, 2.45) is 5.73 Å². The van der Waals surface area contributed by atoms with E-state index in [9.17, 15) is 19.0 Å². The molecule has 0 aromatic heterocycles. The third-order valence-corrected chi connectivity index (χ3v) is 6.61. The lowest BCUT2D eigenvalue weighted by Crippen LogP contribution is -2.52. The molecule has 1 heterocycles. The van der Waals surface area contributed by atoms with Crippen LogP contribution < -0.4 is 20.4 Å². The van der Waals surface area contributed by atoms with Crippen LogP contribution in [0.3, 0.4) is 0 Å². The molecule has 3 rings (SSSR count). The zero-order valence-corrected chi connectivity index (χ0v) is 18.6. The molecule has 0 saturated heterocycles. The normalized spacial score (nSPS) is 15.7. The Morgan fingerprint density at radius 1 is 1.23 bits per heavy atom. The highest BCUT2D eigenvalue weighted by atomic mass is 31.1. The van der Waals surface area contributed by atoms with Crippen molar-refractivity contribution in [3.8, 4) is 6.07 Å². The molecule has 3 amide bonds. The summed E-state index contributed by atoms with van der Waals surface area (Å²) in [6.45, 7) is 6.76. The van der Waals surface area contributed by atoms with Gasteiger partial charge >= 0.3 is 14.1 Å². The van der Waals surface area contributed by atoms with Crippen LogP contribution in [0.15, 0.2) is 42.5 Å². The van der Waals surface area contributed by atoms with Crippen LogP contribution in [-0.4, -0.2) is 17.2 Å². The first-order valence-electron chi connectivity index (χ1n) is 9.62. The topological polar surface area (TPSA) is 131 Å². The third-order valence-electron chi connectivity index (χ3n) is 5.52. The lowest BCUT2D eigenvalue weighted by molar-refractivity contribution is -0.169. The molecule has 2 aromatic rings. The van der Waals surface area contributed by atoms with Crippen molar-refractivity contribution in [2.45, 2.75) is 44.8 Å². The summed E-state index contributed by atoms with van der Waals surface area (Å²) in [6.07, 6.45) is 0.115. The third kappa shape index (κ3) is 3.90. The van der Waals surface area contributed by atoms with Gasteiger partial charge in [0.2, 0.25) is 11.2 Å². The number of amides is 3. The molecule has 8 nitrogen and oxygen atoms in total. The largest absolute Gasteiger partial charge is 0.594 e. The molecule has 1 atom stereocenters. The molecule has 2 aromatic carbocycles. The van der Waals surface area contributed by atoms with Gasteiger partial charge in [-0.3, -0.25) is 14.6 Å². The van der Waals surface area contributed by atoms with E-state index < -0.39 is 24.8 Å². The molecule has 1 aliphatic heterocycles. The number of urea groups is 1. The number of hydrogen-bond donors (Lipinski definition) is 1. The van der Waals surface area contributed by atoms with E-state index in [1.54, 1.807) is 42.5 Å². The molecule has 0 fully saturated rings. The van der Waals surface area contributed by atoms with Crippen LogP contribution >= 0.6 is 8.03 Å². The number of hydrogen-bond acceptors (Lipinski definition) is 5. The first-order chi connectivity index (χ1) is 14.4. The van der Waals surface area contributed by atoms with E-state index in [2.05, 4.69) is 0 Å². The number of carbonyl (C=O) groups excluding carboxylic acids is 2. The number of benzene rings is 2. The second-order valence-corrected chi connectivity index (χ2v) is 10.2. The predicted octanol–water partition coefficient (Wildman–Crippen LogP) is 3.63. The van der Waals surface area contributed by atoms with Crippen LogP contribution in [-0.2, 0) is 14.8 Å². The quantitative estimate of drug-likeness (QED) is 0.729. The highest BCUT2D eigenvalue weighted by Crippen LogP contribution is 2.48. The van der Waals surface area contributed by atoms with E-state index in [0.29, 0.717) is 22.6 Å². The first kappa shape index (κ1) is 22.4. The van der Waals surface area contributed by atoms with Gasteiger partial charge in [-0.1, -0.05) is 18.4 Å². The highest BCUT2D eigenvalue weighted by molar-refractivity contribution is 7.38. The maximum Gasteiger partial charge on any atom is 0.337 e. The smallest absolute Gasteiger partial charge is 0.337 e. The molecule has 0 radical (unpaired) electrons. The molecule has 31 heavy (non-hydrogen) atoms. The maximum atomic E-state index is 12.9. The molecule has 160 valence electrons. The van der Waals surface area contributed by atoms with Crippen LogP contribution in [0.5, 0.6) is 0 Å². The molecule has 0 bridgehead atoms. The molecular formula is C22H23N4O4P. The van der Waals surface area contributed by atoms with Crippen LogP contribution in [0.25, 0.3) is 0 Å². The summed E-state index contributed by atoms with van der Waals surface area (Å²) in [5.74, 6) is -0.284. The zero-order chi connectivity index (χ0) is 23.1. The minimum atomic E-state index is -2.93. The van der Waals surface area contributed by atoms with Gasteiger partial charge in [0, 0.05) is 25.7 Å². The number of nitriles is 1. The minimum absolute atomic E-state index is 0.115. The van der Waals surface area contributed by atoms with E-state index in [1.165, 1.54) is 23.6 Å². The van der Waals surface area contributed by atoms with Gasteiger partial charge in [0.1, 0.15) is 0 Å². The standard InChI is InChI=1S/C22H23N4O4P/c1-21(2)12-19(27)26(22(3,4)31(29)30)18-10-9-16(11-17(18)21)25(20(24)28)15-7-5-14(13-23)6-8-15/h5-11H,12H2,1-4H3,(H2,24,28). The average Bonchev–Trinajstić information content (AvgIpc) is 2.68. The van der Waals surface area contributed by atoms with Crippen molar-refractivity contribution in [1.82, 2.24) is 0 Å². The summed E-state index contributed by atoms with van der Waals surface area (Å²) in [4.78, 5) is 39.7. The van der Waals surface area contributed by atoms with E-state index in [-0.39, 0.29) is 12.3 Å². The van der Waals surface area contributed by atoms with Gasteiger partial charge in [-0.05, 0) is 48.0 Å². The summed E-state index contributed by atoms with van der Waals surface area (Å²) in [6, 6.07) is 12.7. The Bertz CT molecular complexity index is 1120. The fourth-order valence-corrected chi connectivity index (χ4v) is 4.24. The first-order valence-corrected chi connectivity index (χ1v) is 10.8. The molecule has 2 N–H and O–H groups in total. The van der Waals surface area contributed by atoms with Crippen LogP contribution in [0.1, 0.15) is 45.2 Å². The molecule has 0 aliphatic carbocycles. The molecule has 1 aliphatic rings. The fraction of sp³-hybridized carbons (Fsp3) is 0.318. The SMILES string of the molecule is CC1(C)CC(=O)N(C(C)(C)[P+](=O)[O-])c2ccc(N(C(N)=O)c3ccc(C#N)cc3)cc21. The second-order valence-electron chi connectivity index (χ2n) is 8.58. The number of nitrogens with zero attached hydrogens (tertiary/aromatic N) is 3. The van der Waals surface area contributed by atoms with Gasteiger partial charge in [0.05, 0.1) is 28.7 Å². The Morgan fingerprint density at radius 2 is 1.81 bits per heavy atom. The number of nitrogens with two attached hydrogens (primary N) is 1. The molecule has 1 unspecified atom stereocenters. The number of rotatable bonds is 4. The van der Waals surface area contributed by atoms with Gasteiger partial charge in [-0.2, -0.15) is 5.26 Å². The second kappa shape index (κ2) is 7.77. The average molecular weight is 438 g/mol. The molecule has 0 spiro atoms. The summed E-state index contributed by atoms with van der Waals surface area (Å²) in [7, 11) is -2.93. The Hall–Kier alpha value is -3.27. The summed E-state index contributed by atoms with van der Waals surface area (Å²) < 4.78 is 11.9. The zero-order valence-electron chi connectivity index (χ0n) is 17.7. The van der Waals surface area contributed by atoms with Crippen molar-refractivity contribution in [2.75, 3.05) is 9.80 Å². The number of carbonyl (C=O) groups is 2. The number of anilines is 3. The minimum Gasteiger partial charge on any atom is -0.594 e. The van der Waals surface area contributed by atoms with E-state index in [0.717, 1.165) is 5.56 Å². The predicted molar refractivity (Wildman–Crippen MR) is 116 cm³/mol. The lowest BCUT2D eigenvalue weighted by Gasteiger charge is -2.42. The Balaban J connectivity index is 2.17. The van der Waals surface area contributed by atoms with Crippen molar-refractivity contribution in [1.29, 1.82) is 5.26 Å². The maximum absolute atomic E-state index is 12.9. The van der Waals surface area contributed by atoms with Crippen LogP contribution in [0.4, 0.5) is 21.9 Å². The molecule has 0 saturated carbocycles. The van der Waals surface area contributed by atoms with Crippen LogP contribution in [0, 0.1) is 11.3 Å². The van der Waals surface area contributed by atoms with Crippen molar-refractivity contribution in [3.05, 3.63) is 53.6 Å². The molecule has 9 heteroatoms. The lowest BCUT2D eigenvalue weighted by atomic mass is 9.76. The fourth-order valence-electron chi connectivity index (χ4n) is 3.86. The Kier molecular flexibility index (Phi) is 5.62. The van der Waals surface area contributed by atoms with Gasteiger partial charge < -0.3 is 10.6 Å². The Labute approximate surface area is 181 Å². The van der Waals surface area contributed by atoms with E-state index >= 15 is 0 Å². The monoisotopic (exact) mass is 438 g/mol. The Morgan fingerprint density at radius 3 is 2.32 bits per heavy atom. The number of primary amides is 1. The van der Waals surface area contributed by atoms with E-state index in [4.69, 9.17) is 11.0 Å². The van der Waals surface area contributed by atoms with E-state index in [1.807, 2.05) is 19.9 Å². The van der Waals surface area contributed by atoms with Crippen molar-refractivity contribution in [3.63, 3.8) is 0 Å². The van der Waals surface area contributed by atoms with Gasteiger partial charge in [-0.25, -0.2) is 4.79 Å². The van der Waals surface area contributed by atoms with Gasteiger partial charge in [-0.15, -0.1) is 0 Å². The van der Waals surface area contributed by atoms with Crippen molar-refractivity contribution < 1.29 is 19.0 Å².